The molecule has 4 aromatic rings. The van der Waals surface area contributed by atoms with E-state index in [4.69, 9.17) is 17.3 Å². The van der Waals surface area contributed by atoms with Crippen LogP contribution in [0.5, 0.6) is 0 Å². The summed E-state index contributed by atoms with van der Waals surface area (Å²) in [4.78, 5) is 23.1. The fourth-order valence-corrected chi connectivity index (χ4v) is 5.85. The van der Waals surface area contributed by atoms with E-state index in [0.29, 0.717) is 23.2 Å². The van der Waals surface area contributed by atoms with E-state index in [1.165, 1.54) is 71.5 Å². The van der Waals surface area contributed by atoms with Crippen molar-refractivity contribution in [1.82, 2.24) is 19.6 Å². The molecule has 0 aliphatic rings. The molecule has 0 radical (unpaired) electrons. The first kappa shape index (κ1) is 45.3. The molecule has 282 valence electrons. The maximum absolute atomic E-state index is 14.1. The smallest absolute Gasteiger partial charge is 0.262 e. The summed E-state index contributed by atoms with van der Waals surface area (Å²) in [6, 6.07) is 15.9. The number of hydrogen-bond acceptors (Lipinski definition) is 5. The van der Waals surface area contributed by atoms with Crippen molar-refractivity contribution < 1.29 is 18.4 Å². The number of nitrogens with two attached hydrogens (primary N) is 1. The number of carbonyl (C=O) groups excluding carboxylic acids is 2. The normalized spacial score (nSPS) is 11.5. The summed E-state index contributed by atoms with van der Waals surface area (Å²) in [6.07, 6.45) is 11.3. The van der Waals surface area contributed by atoms with Crippen molar-refractivity contribution in [3.63, 3.8) is 0 Å². The third-order valence-electron chi connectivity index (χ3n) is 8.48. The van der Waals surface area contributed by atoms with E-state index in [2.05, 4.69) is 66.9 Å². The van der Waals surface area contributed by atoms with E-state index < -0.39 is 23.0 Å². The van der Waals surface area contributed by atoms with Gasteiger partial charge in [-0.15, -0.1) is 11.6 Å². The Bertz CT molecular complexity index is 1660. The standard InChI is InChI=1S/C19H26FN3O.C13H21N.C6H6ClFN2O.CH3Cl/c1-5-6-7-10-13(2)15-11-8-9-12-16(15)21-19(24)17-14(3)22-23(4)18(17)20;1-3-4-5-8-11(2)12-9-6-7-10-13(12)14;1-3-4(5(7)11)6(8)10(2)9-3;1-2/h8-9,11-13H,5-7,10H2,1-4H3,(H,21,24);6-7,9-11H,3-5,8,14H2,1-2H3;1-2H3;1H3. The third-order valence-corrected chi connectivity index (χ3v) is 8.67. The van der Waals surface area contributed by atoms with E-state index in [9.17, 15) is 18.4 Å². The molecule has 0 aliphatic heterocycles. The SMILES string of the molecule is CCCCCC(C)c1ccccc1N.CCCCCC(C)c1ccccc1NC(=O)c1c(C)nn(C)c1F.CCl.Cc1nn(C)c(F)c1C(=O)Cl. The summed E-state index contributed by atoms with van der Waals surface area (Å²) >= 11 is 9.73. The third kappa shape index (κ3) is 14.1. The van der Waals surface area contributed by atoms with Gasteiger partial charge in [0.1, 0.15) is 11.1 Å². The molecule has 2 aromatic heterocycles. The molecule has 0 aliphatic carbocycles. The Morgan fingerprint density at radius 3 is 1.61 bits per heavy atom. The van der Waals surface area contributed by atoms with Crippen molar-refractivity contribution in [2.75, 3.05) is 17.4 Å². The van der Waals surface area contributed by atoms with Crippen LogP contribution in [-0.2, 0) is 14.1 Å². The predicted octanol–water partition coefficient (Wildman–Crippen LogP) is 10.9. The lowest BCUT2D eigenvalue weighted by Gasteiger charge is -2.17. The quantitative estimate of drug-likeness (QED) is 0.0612. The first-order chi connectivity index (χ1) is 24.2. The molecule has 2 heterocycles. The lowest BCUT2D eigenvalue weighted by molar-refractivity contribution is 0.102. The van der Waals surface area contributed by atoms with Gasteiger partial charge in [-0.05, 0) is 73.4 Å². The summed E-state index contributed by atoms with van der Waals surface area (Å²) in [7, 11) is 2.90. The number of nitrogens with zero attached hydrogens (tertiary/aromatic N) is 4. The molecular formula is C39H56Cl2F2N6O2. The zero-order chi connectivity index (χ0) is 38.7. The average molecular weight is 750 g/mol. The Balaban J connectivity index is 0.000000408. The second-order valence-corrected chi connectivity index (χ2v) is 12.8. The minimum atomic E-state index is -0.812. The van der Waals surface area contributed by atoms with Crippen LogP contribution in [0.3, 0.4) is 0 Å². The van der Waals surface area contributed by atoms with Crippen LogP contribution in [-0.4, -0.2) is 37.1 Å². The number of benzene rings is 2. The van der Waals surface area contributed by atoms with Crippen LogP contribution >= 0.6 is 23.2 Å². The summed E-state index contributed by atoms with van der Waals surface area (Å²) < 4.78 is 29.0. The van der Waals surface area contributed by atoms with Crippen molar-refractivity contribution in [2.45, 2.75) is 105 Å². The van der Waals surface area contributed by atoms with Crippen LogP contribution < -0.4 is 11.1 Å². The van der Waals surface area contributed by atoms with Crippen LogP contribution in [0.1, 0.15) is 134 Å². The van der Waals surface area contributed by atoms with Gasteiger partial charge in [-0.1, -0.05) is 103 Å². The molecule has 2 aromatic carbocycles. The molecule has 51 heavy (non-hydrogen) atoms. The van der Waals surface area contributed by atoms with Crippen LogP contribution in [0.25, 0.3) is 0 Å². The maximum atomic E-state index is 14.1. The molecule has 0 fully saturated rings. The second kappa shape index (κ2) is 23.7. The van der Waals surface area contributed by atoms with Gasteiger partial charge in [-0.2, -0.15) is 19.0 Å². The molecule has 0 bridgehead atoms. The summed E-state index contributed by atoms with van der Waals surface area (Å²) in [5.74, 6) is -0.817. The number of amides is 1. The summed E-state index contributed by atoms with van der Waals surface area (Å²) in [6.45, 7) is 12.0. The van der Waals surface area contributed by atoms with E-state index in [1.807, 2.05) is 36.4 Å². The highest BCUT2D eigenvalue weighted by Crippen LogP contribution is 2.29. The zero-order valence-corrected chi connectivity index (χ0v) is 33.1. The van der Waals surface area contributed by atoms with Gasteiger partial charge in [0.15, 0.2) is 0 Å². The van der Waals surface area contributed by atoms with Crippen LogP contribution in [0.15, 0.2) is 48.5 Å². The van der Waals surface area contributed by atoms with Gasteiger partial charge in [0.25, 0.3) is 11.1 Å². The van der Waals surface area contributed by atoms with E-state index in [1.54, 1.807) is 6.92 Å². The largest absolute Gasteiger partial charge is 0.398 e. The minimum absolute atomic E-state index is 0.00550. The van der Waals surface area contributed by atoms with Gasteiger partial charge < -0.3 is 11.1 Å². The number of para-hydroxylation sites is 2. The number of nitrogens with one attached hydrogen (secondary N) is 1. The Morgan fingerprint density at radius 2 is 1.20 bits per heavy atom. The first-order valence-corrected chi connectivity index (χ1v) is 18.6. The number of aromatic nitrogens is 4. The van der Waals surface area contributed by atoms with E-state index >= 15 is 0 Å². The Hall–Kier alpha value is -3.76. The molecule has 1 amide bonds. The van der Waals surface area contributed by atoms with Crippen molar-refractivity contribution in [3.8, 4) is 0 Å². The molecule has 4 rings (SSSR count). The van der Waals surface area contributed by atoms with Crippen LogP contribution in [0.2, 0.25) is 0 Å². The van der Waals surface area contributed by atoms with Crippen molar-refractivity contribution in [2.24, 2.45) is 14.1 Å². The van der Waals surface area contributed by atoms with Crippen LogP contribution in [0, 0.1) is 25.7 Å². The fourth-order valence-electron chi connectivity index (χ4n) is 5.64. The topological polar surface area (TPSA) is 108 Å². The van der Waals surface area contributed by atoms with Crippen molar-refractivity contribution in [1.29, 1.82) is 0 Å². The first-order valence-electron chi connectivity index (χ1n) is 17.4. The van der Waals surface area contributed by atoms with E-state index in [-0.39, 0.29) is 11.1 Å². The molecule has 3 N–H and O–H groups in total. The molecule has 8 nitrogen and oxygen atoms in total. The van der Waals surface area contributed by atoms with E-state index in [0.717, 1.165) is 39.1 Å². The number of rotatable bonds is 13. The fraction of sp³-hybridized carbons (Fsp3) is 0.487. The lowest BCUT2D eigenvalue weighted by Crippen LogP contribution is -2.16. The molecule has 0 saturated heterocycles. The number of hydrogen-bond donors (Lipinski definition) is 2. The molecule has 0 saturated carbocycles. The number of alkyl halides is 1. The van der Waals surface area contributed by atoms with Gasteiger partial charge in [0.05, 0.1) is 11.4 Å². The maximum Gasteiger partial charge on any atom is 0.262 e. The molecular weight excluding hydrogens is 693 g/mol. The number of carbonyl (C=O) groups is 2. The molecule has 2 unspecified atom stereocenters. The Kier molecular flexibility index (Phi) is 21.0. The van der Waals surface area contributed by atoms with Crippen molar-refractivity contribution >= 4 is 45.7 Å². The minimum Gasteiger partial charge on any atom is -0.398 e. The number of anilines is 2. The zero-order valence-electron chi connectivity index (χ0n) is 31.6. The monoisotopic (exact) mass is 748 g/mol. The van der Waals surface area contributed by atoms with Gasteiger partial charge >= 0.3 is 0 Å². The Labute approximate surface area is 313 Å². The molecule has 12 heteroatoms. The number of nitrogen functional groups attached to an aromatic ring is 1. The van der Waals surface area contributed by atoms with Gasteiger partial charge in [0.2, 0.25) is 11.9 Å². The summed E-state index contributed by atoms with van der Waals surface area (Å²) in [5.41, 5.74) is 10.6. The van der Waals surface area contributed by atoms with Gasteiger partial charge in [-0.3, -0.25) is 9.59 Å². The molecule has 2 atom stereocenters. The molecule has 0 spiro atoms. The number of aryl methyl sites for hydroxylation is 4. The second-order valence-electron chi connectivity index (χ2n) is 12.5. The number of halogens is 4. The predicted molar refractivity (Wildman–Crippen MR) is 208 cm³/mol. The highest BCUT2D eigenvalue weighted by Gasteiger charge is 2.22. The highest BCUT2D eigenvalue weighted by atomic mass is 35.5. The Morgan fingerprint density at radius 1 is 0.765 bits per heavy atom. The van der Waals surface area contributed by atoms with Gasteiger partial charge in [-0.25, -0.2) is 9.36 Å². The summed E-state index contributed by atoms with van der Waals surface area (Å²) in [5, 5.41) is 9.68. The average Bonchev–Trinajstić information content (AvgIpc) is 3.52. The van der Waals surface area contributed by atoms with Gasteiger partial charge in [0, 0.05) is 31.9 Å². The highest BCUT2D eigenvalue weighted by molar-refractivity contribution is 6.67. The lowest BCUT2D eigenvalue weighted by atomic mass is 9.93. The van der Waals surface area contributed by atoms with Crippen LogP contribution in [0.4, 0.5) is 20.2 Å². The van der Waals surface area contributed by atoms with Crippen molar-refractivity contribution in [3.05, 3.63) is 94.1 Å². The number of unbranched alkanes of at least 4 members (excludes halogenated alkanes) is 4.